The number of nitrogens with zero attached hydrogens (tertiary/aromatic N) is 6. The van der Waals surface area contributed by atoms with Gasteiger partial charge in [-0.15, -0.1) is 0 Å². The van der Waals surface area contributed by atoms with Crippen LogP contribution in [-0.4, -0.2) is 60.1 Å². The number of likely N-dealkylation sites (tertiary alicyclic amines) is 1. The largest absolute Gasteiger partial charge is 0.363 e. The van der Waals surface area contributed by atoms with Crippen molar-refractivity contribution in [2.45, 2.75) is 19.0 Å². The monoisotopic (exact) mass is 356 g/mol. The summed E-state index contributed by atoms with van der Waals surface area (Å²) in [7, 11) is 5.95. The van der Waals surface area contributed by atoms with Crippen molar-refractivity contribution in [2.75, 3.05) is 44.0 Å². The standard InChI is InChI=1S/C18H24N6O2/c1-21(2)17-7-9-19-18(20-17)22(3)16-8-10-23(13-16)12-14-5-4-6-15(11-14)24(25)26/h4-7,9,11,16H,8,10,12-13H2,1-3H3. The first-order chi connectivity index (χ1) is 12.4. The molecule has 0 aliphatic carbocycles. The summed E-state index contributed by atoms with van der Waals surface area (Å²) in [5.41, 5.74) is 1.11. The molecule has 1 aromatic heterocycles. The zero-order valence-corrected chi connectivity index (χ0v) is 15.4. The van der Waals surface area contributed by atoms with Gasteiger partial charge < -0.3 is 9.80 Å². The lowest BCUT2D eigenvalue weighted by Gasteiger charge is -2.25. The van der Waals surface area contributed by atoms with Crippen molar-refractivity contribution < 1.29 is 4.92 Å². The van der Waals surface area contributed by atoms with Gasteiger partial charge in [-0.2, -0.15) is 4.98 Å². The quantitative estimate of drug-likeness (QED) is 0.580. The molecule has 1 fully saturated rings. The number of hydrogen-bond acceptors (Lipinski definition) is 7. The lowest BCUT2D eigenvalue weighted by atomic mass is 10.2. The Hall–Kier alpha value is -2.74. The number of nitro groups is 1. The van der Waals surface area contributed by atoms with Gasteiger partial charge in [0.05, 0.1) is 4.92 Å². The summed E-state index contributed by atoms with van der Waals surface area (Å²) in [6.45, 7) is 2.55. The molecule has 0 radical (unpaired) electrons. The van der Waals surface area contributed by atoms with Crippen molar-refractivity contribution in [3.63, 3.8) is 0 Å². The van der Waals surface area contributed by atoms with E-state index in [1.165, 1.54) is 6.07 Å². The zero-order chi connectivity index (χ0) is 18.7. The molecule has 2 heterocycles. The van der Waals surface area contributed by atoms with Crippen LogP contribution in [0.5, 0.6) is 0 Å². The van der Waals surface area contributed by atoms with E-state index in [1.807, 2.05) is 38.2 Å². The molecule has 1 aliphatic heterocycles. The minimum Gasteiger partial charge on any atom is -0.363 e. The van der Waals surface area contributed by atoms with E-state index < -0.39 is 0 Å². The third-order valence-electron chi connectivity index (χ3n) is 4.72. The predicted molar refractivity (Wildman–Crippen MR) is 102 cm³/mol. The number of non-ortho nitro benzene ring substituents is 1. The molecule has 1 aromatic carbocycles. The van der Waals surface area contributed by atoms with E-state index >= 15 is 0 Å². The lowest BCUT2D eigenvalue weighted by Crippen LogP contribution is -2.35. The molecule has 0 saturated carbocycles. The van der Waals surface area contributed by atoms with E-state index in [4.69, 9.17) is 0 Å². The normalized spacial score (nSPS) is 17.3. The fourth-order valence-corrected chi connectivity index (χ4v) is 3.22. The van der Waals surface area contributed by atoms with Crippen LogP contribution in [-0.2, 0) is 6.54 Å². The van der Waals surface area contributed by atoms with Gasteiger partial charge in [-0.25, -0.2) is 4.98 Å². The molecule has 0 N–H and O–H groups in total. The van der Waals surface area contributed by atoms with Gasteiger partial charge in [0.1, 0.15) is 5.82 Å². The number of benzene rings is 1. The topological polar surface area (TPSA) is 78.6 Å². The molecule has 0 amide bonds. The van der Waals surface area contributed by atoms with Crippen molar-refractivity contribution in [2.24, 2.45) is 0 Å². The Balaban J connectivity index is 1.64. The Kier molecular flexibility index (Phi) is 5.32. The summed E-state index contributed by atoms with van der Waals surface area (Å²) in [6.07, 6.45) is 2.80. The number of likely N-dealkylation sites (N-methyl/N-ethyl adjacent to an activating group) is 1. The summed E-state index contributed by atoms with van der Waals surface area (Å²) in [6, 6.07) is 9.08. The van der Waals surface area contributed by atoms with Crippen LogP contribution in [0.15, 0.2) is 36.5 Å². The highest BCUT2D eigenvalue weighted by molar-refractivity contribution is 5.42. The fraction of sp³-hybridized carbons (Fsp3) is 0.444. The van der Waals surface area contributed by atoms with Crippen molar-refractivity contribution in [1.82, 2.24) is 14.9 Å². The minimum atomic E-state index is -0.348. The van der Waals surface area contributed by atoms with Gasteiger partial charge in [0.25, 0.3) is 5.69 Å². The number of rotatable bonds is 6. The van der Waals surface area contributed by atoms with Crippen molar-refractivity contribution in [3.05, 3.63) is 52.2 Å². The Morgan fingerprint density at radius 3 is 2.85 bits per heavy atom. The van der Waals surface area contributed by atoms with E-state index in [1.54, 1.807) is 18.3 Å². The molecule has 2 aromatic rings. The van der Waals surface area contributed by atoms with E-state index in [9.17, 15) is 10.1 Å². The highest BCUT2D eigenvalue weighted by atomic mass is 16.6. The van der Waals surface area contributed by atoms with Crippen LogP contribution in [0.4, 0.5) is 17.5 Å². The number of hydrogen-bond donors (Lipinski definition) is 0. The molecule has 1 atom stereocenters. The second-order valence-corrected chi connectivity index (χ2v) is 6.82. The third kappa shape index (κ3) is 4.08. The summed E-state index contributed by atoms with van der Waals surface area (Å²) in [5, 5.41) is 10.9. The molecular formula is C18H24N6O2. The predicted octanol–water partition coefficient (Wildman–Crippen LogP) is 2.16. The van der Waals surface area contributed by atoms with Gasteiger partial charge in [-0.05, 0) is 18.1 Å². The van der Waals surface area contributed by atoms with Crippen LogP contribution in [0.3, 0.4) is 0 Å². The highest BCUT2D eigenvalue weighted by Gasteiger charge is 2.27. The van der Waals surface area contributed by atoms with E-state index in [-0.39, 0.29) is 10.6 Å². The zero-order valence-electron chi connectivity index (χ0n) is 15.4. The van der Waals surface area contributed by atoms with Crippen LogP contribution in [0.1, 0.15) is 12.0 Å². The Morgan fingerprint density at radius 1 is 1.31 bits per heavy atom. The molecule has 1 unspecified atom stereocenters. The molecule has 26 heavy (non-hydrogen) atoms. The van der Waals surface area contributed by atoms with Gasteiger partial charge in [0, 0.05) is 65.1 Å². The molecule has 1 aliphatic rings. The summed E-state index contributed by atoms with van der Waals surface area (Å²) in [4.78, 5) is 26.0. The van der Waals surface area contributed by atoms with Gasteiger partial charge in [0.2, 0.25) is 5.95 Å². The van der Waals surface area contributed by atoms with Crippen LogP contribution < -0.4 is 9.80 Å². The Labute approximate surface area is 153 Å². The van der Waals surface area contributed by atoms with Gasteiger partial charge in [0.15, 0.2) is 0 Å². The van der Waals surface area contributed by atoms with Crippen molar-refractivity contribution in [1.29, 1.82) is 0 Å². The molecule has 8 nitrogen and oxygen atoms in total. The molecule has 138 valence electrons. The summed E-state index contributed by atoms with van der Waals surface area (Å²) < 4.78 is 0. The van der Waals surface area contributed by atoms with E-state index in [2.05, 4.69) is 19.8 Å². The van der Waals surface area contributed by atoms with Crippen LogP contribution in [0.2, 0.25) is 0 Å². The second kappa shape index (κ2) is 7.65. The second-order valence-electron chi connectivity index (χ2n) is 6.82. The number of anilines is 2. The first-order valence-corrected chi connectivity index (χ1v) is 8.63. The number of nitro benzene ring substituents is 1. The number of aromatic nitrogens is 2. The van der Waals surface area contributed by atoms with Crippen LogP contribution in [0.25, 0.3) is 0 Å². The summed E-state index contributed by atoms with van der Waals surface area (Å²) >= 11 is 0. The van der Waals surface area contributed by atoms with E-state index in [0.717, 1.165) is 36.8 Å². The first-order valence-electron chi connectivity index (χ1n) is 8.63. The Bertz CT molecular complexity index is 782. The molecule has 3 rings (SSSR count). The molecule has 1 saturated heterocycles. The third-order valence-corrected chi connectivity index (χ3v) is 4.72. The molecule has 8 heteroatoms. The first kappa shape index (κ1) is 18.1. The van der Waals surface area contributed by atoms with Gasteiger partial charge >= 0.3 is 0 Å². The molecular weight excluding hydrogens is 332 g/mol. The van der Waals surface area contributed by atoms with Gasteiger partial charge in [-0.1, -0.05) is 12.1 Å². The minimum absolute atomic E-state index is 0.143. The van der Waals surface area contributed by atoms with E-state index in [0.29, 0.717) is 12.6 Å². The smallest absolute Gasteiger partial charge is 0.269 e. The highest BCUT2D eigenvalue weighted by Crippen LogP contribution is 2.22. The average molecular weight is 356 g/mol. The van der Waals surface area contributed by atoms with Crippen LogP contribution >= 0.6 is 0 Å². The SMILES string of the molecule is CN(C)c1ccnc(N(C)C2CCN(Cc3cccc([N+](=O)[O-])c3)C2)n1. The summed E-state index contributed by atoms with van der Waals surface area (Å²) in [5.74, 6) is 1.60. The van der Waals surface area contributed by atoms with Crippen LogP contribution in [0, 0.1) is 10.1 Å². The fourth-order valence-electron chi connectivity index (χ4n) is 3.22. The molecule has 0 bridgehead atoms. The maximum absolute atomic E-state index is 10.9. The van der Waals surface area contributed by atoms with Crippen molar-refractivity contribution in [3.8, 4) is 0 Å². The van der Waals surface area contributed by atoms with Crippen molar-refractivity contribution >= 4 is 17.5 Å². The Morgan fingerprint density at radius 2 is 2.12 bits per heavy atom. The average Bonchev–Trinajstić information content (AvgIpc) is 3.09. The van der Waals surface area contributed by atoms with Gasteiger partial charge in [-0.3, -0.25) is 15.0 Å². The lowest BCUT2D eigenvalue weighted by molar-refractivity contribution is -0.384. The maximum Gasteiger partial charge on any atom is 0.269 e. The maximum atomic E-state index is 10.9. The molecule has 0 spiro atoms.